The number of halogens is 2. The lowest BCUT2D eigenvalue weighted by atomic mass is 10.2. The van der Waals surface area contributed by atoms with Crippen molar-refractivity contribution in [3.05, 3.63) is 0 Å². The van der Waals surface area contributed by atoms with Crippen LogP contribution in [-0.2, 0) is 9.53 Å². The average Bonchev–Trinajstić information content (AvgIpc) is 1.84. The van der Waals surface area contributed by atoms with Crippen molar-refractivity contribution in [1.82, 2.24) is 0 Å². The van der Waals surface area contributed by atoms with Crippen molar-refractivity contribution in [3.8, 4) is 0 Å². The minimum Gasteiger partial charge on any atom is -0.365 e. The molecule has 0 atom stereocenters. The highest BCUT2D eigenvalue weighted by atomic mass is 35.5. The second kappa shape index (κ2) is 4.14. The maximum atomic E-state index is 10.5. The quantitative estimate of drug-likeness (QED) is 0.694. The van der Waals surface area contributed by atoms with Gasteiger partial charge >= 0.3 is 0 Å². The van der Waals surface area contributed by atoms with Crippen LogP contribution in [0.3, 0.4) is 0 Å². The number of carbonyl (C=O) groups excluding carboxylic acids is 1. The van der Waals surface area contributed by atoms with E-state index in [2.05, 4.69) is 0 Å². The third kappa shape index (κ3) is 4.45. The third-order valence-electron chi connectivity index (χ3n) is 0.885. The number of alkyl halides is 2. The number of amides is 1. The summed E-state index contributed by atoms with van der Waals surface area (Å²) in [5.74, 6) is -0.632. The van der Waals surface area contributed by atoms with Gasteiger partial charge in [0.25, 0.3) is 10.4 Å². The van der Waals surface area contributed by atoms with Gasteiger partial charge in [-0.2, -0.15) is 0 Å². The molecule has 0 saturated heterocycles. The summed E-state index contributed by atoms with van der Waals surface area (Å²) >= 11 is 10.8. The first kappa shape index (κ1) is 11.0. The third-order valence-corrected chi connectivity index (χ3v) is 1.48. The van der Waals surface area contributed by atoms with Crippen LogP contribution in [0.1, 0.15) is 13.8 Å². The Morgan fingerprint density at radius 3 is 2.36 bits per heavy atom. The molecule has 2 N–H and O–H groups in total. The highest BCUT2D eigenvalue weighted by Crippen LogP contribution is 2.22. The first-order valence-electron chi connectivity index (χ1n) is 3.18. The predicted octanol–water partition coefficient (Wildman–Crippen LogP) is 1.28. The van der Waals surface area contributed by atoms with E-state index in [0.29, 0.717) is 6.61 Å². The van der Waals surface area contributed by atoms with E-state index < -0.39 is 10.4 Å². The molecule has 1 amide bonds. The lowest BCUT2D eigenvalue weighted by Crippen LogP contribution is -2.36. The molecule has 0 rings (SSSR count). The second-order valence-corrected chi connectivity index (χ2v) is 3.84. The number of hydrogen-bond acceptors (Lipinski definition) is 2. The van der Waals surface area contributed by atoms with Gasteiger partial charge in [-0.05, 0) is 5.92 Å². The van der Waals surface area contributed by atoms with Crippen LogP contribution in [0.15, 0.2) is 0 Å². The molecule has 0 heterocycles. The molecule has 0 spiro atoms. The fraction of sp³-hybridized carbons (Fsp3) is 0.833. The standard InChI is InChI=1S/C6H11Cl2NO2/c1-4(2)3-11-6(7,8)5(9)10/h4H,3H2,1-2H3,(H2,9,10). The maximum Gasteiger partial charge on any atom is 0.298 e. The Morgan fingerprint density at radius 2 is 2.09 bits per heavy atom. The van der Waals surface area contributed by atoms with Crippen molar-refractivity contribution < 1.29 is 9.53 Å². The van der Waals surface area contributed by atoms with Crippen LogP contribution in [0.2, 0.25) is 0 Å². The van der Waals surface area contributed by atoms with Crippen LogP contribution >= 0.6 is 23.2 Å². The number of nitrogens with two attached hydrogens (primary N) is 1. The Bertz CT molecular complexity index is 148. The lowest BCUT2D eigenvalue weighted by Gasteiger charge is -2.17. The number of primary amides is 1. The zero-order chi connectivity index (χ0) is 9.07. The molecule has 5 heteroatoms. The Labute approximate surface area is 75.8 Å². The van der Waals surface area contributed by atoms with Crippen molar-refractivity contribution in [2.24, 2.45) is 11.7 Å². The molecule has 66 valence electrons. The summed E-state index contributed by atoms with van der Waals surface area (Å²) in [4.78, 5) is 10.5. The van der Waals surface area contributed by atoms with Crippen molar-refractivity contribution in [1.29, 1.82) is 0 Å². The minimum absolute atomic E-state index is 0.256. The van der Waals surface area contributed by atoms with Crippen LogP contribution < -0.4 is 5.73 Å². The SMILES string of the molecule is CC(C)COC(Cl)(Cl)C(N)=O. The van der Waals surface area contributed by atoms with Gasteiger partial charge in [0, 0.05) is 0 Å². The Balaban J connectivity index is 3.83. The van der Waals surface area contributed by atoms with Crippen molar-refractivity contribution in [2.45, 2.75) is 18.4 Å². The largest absolute Gasteiger partial charge is 0.365 e. The highest BCUT2D eigenvalue weighted by Gasteiger charge is 2.32. The van der Waals surface area contributed by atoms with E-state index in [4.69, 9.17) is 33.7 Å². The summed E-state index contributed by atoms with van der Waals surface area (Å²) in [6.45, 7) is 4.12. The molecule has 11 heavy (non-hydrogen) atoms. The van der Waals surface area contributed by atoms with Gasteiger partial charge in [-0.3, -0.25) is 4.79 Å². The van der Waals surface area contributed by atoms with Gasteiger partial charge in [-0.25, -0.2) is 0 Å². The fourth-order valence-electron chi connectivity index (χ4n) is 0.342. The summed E-state index contributed by atoms with van der Waals surface area (Å²) in [5.41, 5.74) is 4.83. The van der Waals surface area contributed by atoms with E-state index in [1.54, 1.807) is 0 Å². The number of carbonyl (C=O) groups is 1. The zero-order valence-corrected chi connectivity index (χ0v) is 7.95. The molecule has 0 bridgehead atoms. The summed E-state index contributed by atoms with van der Waals surface area (Å²) < 4.78 is 2.92. The van der Waals surface area contributed by atoms with E-state index in [1.165, 1.54) is 0 Å². The van der Waals surface area contributed by atoms with Gasteiger partial charge < -0.3 is 10.5 Å². The maximum absolute atomic E-state index is 10.5. The molecule has 3 nitrogen and oxygen atoms in total. The summed E-state index contributed by atoms with van der Waals surface area (Å²) in [6, 6.07) is 0. The molecular weight excluding hydrogens is 189 g/mol. The summed E-state index contributed by atoms with van der Waals surface area (Å²) in [7, 11) is 0. The number of rotatable bonds is 4. The molecule has 0 aliphatic heterocycles. The molecule has 0 aliphatic carbocycles. The smallest absolute Gasteiger partial charge is 0.298 e. The molecular formula is C6H11Cl2NO2. The van der Waals surface area contributed by atoms with Crippen molar-refractivity contribution in [2.75, 3.05) is 6.61 Å². The van der Waals surface area contributed by atoms with E-state index in [0.717, 1.165) is 0 Å². The minimum atomic E-state index is -1.88. The molecule has 0 aromatic heterocycles. The fourth-order valence-corrected chi connectivity index (χ4v) is 0.468. The van der Waals surface area contributed by atoms with Crippen LogP contribution in [0, 0.1) is 5.92 Å². The van der Waals surface area contributed by atoms with E-state index in [1.807, 2.05) is 13.8 Å². The Morgan fingerprint density at radius 1 is 1.64 bits per heavy atom. The van der Waals surface area contributed by atoms with E-state index in [9.17, 15) is 4.79 Å². The lowest BCUT2D eigenvalue weighted by molar-refractivity contribution is -0.128. The van der Waals surface area contributed by atoms with Crippen LogP contribution in [0.5, 0.6) is 0 Å². The second-order valence-electron chi connectivity index (χ2n) is 2.59. The van der Waals surface area contributed by atoms with Gasteiger partial charge in [0.15, 0.2) is 0 Å². The van der Waals surface area contributed by atoms with Gasteiger partial charge in [0.05, 0.1) is 6.61 Å². The van der Waals surface area contributed by atoms with Gasteiger partial charge in [0.1, 0.15) is 0 Å². The van der Waals surface area contributed by atoms with Gasteiger partial charge in [0.2, 0.25) is 0 Å². The Kier molecular flexibility index (Phi) is 4.14. The van der Waals surface area contributed by atoms with Crippen molar-refractivity contribution >= 4 is 29.1 Å². The van der Waals surface area contributed by atoms with Crippen LogP contribution in [0.4, 0.5) is 0 Å². The van der Waals surface area contributed by atoms with Crippen LogP contribution in [-0.4, -0.2) is 17.0 Å². The molecule has 0 aromatic rings. The number of ether oxygens (including phenoxy) is 1. The van der Waals surface area contributed by atoms with Gasteiger partial charge in [-0.15, -0.1) is 0 Å². The topological polar surface area (TPSA) is 52.3 Å². The highest BCUT2D eigenvalue weighted by molar-refractivity contribution is 6.56. The first-order valence-corrected chi connectivity index (χ1v) is 3.93. The molecule has 0 saturated carbocycles. The molecule has 0 aromatic carbocycles. The van der Waals surface area contributed by atoms with Crippen molar-refractivity contribution in [3.63, 3.8) is 0 Å². The van der Waals surface area contributed by atoms with Crippen LogP contribution in [0.25, 0.3) is 0 Å². The zero-order valence-electron chi connectivity index (χ0n) is 6.43. The summed E-state index contributed by atoms with van der Waals surface area (Å²) in [6.07, 6.45) is 0. The normalized spacial score (nSPS) is 12.1. The summed E-state index contributed by atoms with van der Waals surface area (Å²) in [5, 5.41) is 0. The number of hydrogen-bond donors (Lipinski definition) is 1. The average molecular weight is 200 g/mol. The Hall–Kier alpha value is 0.01000. The molecule has 0 radical (unpaired) electrons. The monoisotopic (exact) mass is 199 g/mol. The molecule has 0 fully saturated rings. The molecule has 0 unspecified atom stereocenters. The predicted molar refractivity (Wildman–Crippen MR) is 44.4 cm³/mol. The van der Waals surface area contributed by atoms with Gasteiger partial charge in [-0.1, -0.05) is 37.0 Å². The van der Waals surface area contributed by atoms with E-state index in [-0.39, 0.29) is 5.92 Å². The van der Waals surface area contributed by atoms with E-state index >= 15 is 0 Å². The molecule has 0 aliphatic rings. The first-order chi connectivity index (χ1) is 4.86.